The first-order valence-corrected chi connectivity index (χ1v) is 12.0. The van der Waals surface area contributed by atoms with Gasteiger partial charge in [0.25, 0.3) is 0 Å². The molecule has 2 aromatic carbocycles. The molecule has 7 nitrogen and oxygen atoms in total. The summed E-state index contributed by atoms with van der Waals surface area (Å²) in [4.78, 5) is 31.7. The second kappa shape index (κ2) is 11.3. The van der Waals surface area contributed by atoms with Crippen molar-refractivity contribution in [3.05, 3.63) is 65.7 Å². The molecule has 3 amide bonds. The number of piperidine rings is 1. The van der Waals surface area contributed by atoms with E-state index in [1.807, 2.05) is 35.2 Å². The van der Waals surface area contributed by atoms with Gasteiger partial charge in [0.2, 0.25) is 5.91 Å². The number of hydrogen-bond donors (Lipinski definition) is 2. The van der Waals surface area contributed by atoms with Crippen LogP contribution in [0.15, 0.2) is 54.6 Å². The van der Waals surface area contributed by atoms with Crippen LogP contribution >= 0.6 is 0 Å². The van der Waals surface area contributed by atoms with E-state index < -0.39 is 0 Å². The number of urea groups is 1. The van der Waals surface area contributed by atoms with E-state index in [4.69, 9.17) is 0 Å². The molecule has 2 saturated heterocycles. The molecule has 0 atom stereocenters. The predicted octanol–water partition coefficient (Wildman–Crippen LogP) is 2.93. The molecule has 7 heteroatoms. The molecule has 2 fully saturated rings. The molecule has 2 heterocycles. The monoisotopic (exact) mass is 449 g/mol. The van der Waals surface area contributed by atoms with Gasteiger partial charge in [0.15, 0.2) is 0 Å². The van der Waals surface area contributed by atoms with Crippen LogP contribution < -0.4 is 10.6 Å². The van der Waals surface area contributed by atoms with Gasteiger partial charge in [-0.05, 0) is 37.5 Å². The maximum atomic E-state index is 12.8. The molecule has 0 aromatic heterocycles. The van der Waals surface area contributed by atoms with Crippen LogP contribution in [0.5, 0.6) is 0 Å². The number of nitrogens with one attached hydrogen (secondary N) is 2. The molecule has 0 bridgehead atoms. The number of para-hydroxylation sites is 1. The minimum absolute atomic E-state index is 0.144. The van der Waals surface area contributed by atoms with E-state index in [9.17, 15) is 9.59 Å². The van der Waals surface area contributed by atoms with Gasteiger partial charge in [-0.25, -0.2) is 4.79 Å². The second-order valence-electron chi connectivity index (χ2n) is 9.16. The Morgan fingerprint density at radius 1 is 0.879 bits per heavy atom. The quantitative estimate of drug-likeness (QED) is 0.712. The van der Waals surface area contributed by atoms with Gasteiger partial charge < -0.3 is 15.5 Å². The summed E-state index contributed by atoms with van der Waals surface area (Å²) in [7, 11) is 0. The van der Waals surface area contributed by atoms with E-state index in [2.05, 4.69) is 51.6 Å². The number of nitrogens with zero attached hydrogens (tertiary/aromatic N) is 3. The number of piperazine rings is 1. The SMILES string of the molecule is Cc1cccc(CN2CCN(C(=O)CN3CCC(NC(=O)Nc4ccccc4)CC3)CC2)c1. The molecule has 33 heavy (non-hydrogen) atoms. The molecule has 0 spiro atoms. The van der Waals surface area contributed by atoms with E-state index in [-0.39, 0.29) is 18.0 Å². The maximum absolute atomic E-state index is 12.8. The number of benzene rings is 2. The fourth-order valence-electron chi connectivity index (χ4n) is 4.62. The Hall–Kier alpha value is -2.90. The van der Waals surface area contributed by atoms with Gasteiger partial charge in [-0.1, -0.05) is 48.0 Å². The largest absolute Gasteiger partial charge is 0.339 e. The number of rotatable bonds is 6. The maximum Gasteiger partial charge on any atom is 0.319 e. The molecule has 2 N–H and O–H groups in total. The lowest BCUT2D eigenvalue weighted by atomic mass is 10.1. The molecule has 176 valence electrons. The molecule has 0 unspecified atom stereocenters. The van der Waals surface area contributed by atoms with Crippen LogP contribution in [0.1, 0.15) is 24.0 Å². The lowest BCUT2D eigenvalue weighted by Crippen LogP contribution is -2.52. The Labute approximate surface area is 196 Å². The van der Waals surface area contributed by atoms with Crippen LogP contribution in [0.4, 0.5) is 10.5 Å². The summed E-state index contributed by atoms with van der Waals surface area (Å²) in [5.41, 5.74) is 3.41. The summed E-state index contributed by atoms with van der Waals surface area (Å²) in [6.45, 7) is 8.63. The summed E-state index contributed by atoms with van der Waals surface area (Å²) in [5.74, 6) is 0.221. The summed E-state index contributed by atoms with van der Waals surface area (Å²) >= 11 is 0. The number of hydrogen-bond acceptors (Lipinski definition) is 4. The number of aryl methyl sites for hydroxylation is 1. The lowest BCUT2D eigenvalue weighted by molar-refractivity contribution is -0.134. The van der Waals surface area contributed by atoms with Gasteiger partial charge >= 0.3 is 6.03 Å². The van der Waals surface area contributed by atoms with Gasteiger partial charge in [0.05, 0.1) is 6.54 Å². The first-order chi connectivity index (χ1) is 16.0. The smallest absolute Gasteiger partial charge is 0.319 e. The minimum Gasteiger partial charge on any atom is -0.339 e. The Kier molecular flexibility index (Phi) is 7.96. The molecule has 4 rings (SSSR count). The molecule has 0 aliphatic carbocycles. The van der Waals surface area contributed by atoms with Crippen molar-refractivity contribution >= 4 is 17.6 Å². The summed E-state index contributed by atoms with van der Waals surface area (Å²) in [6, 6.07) is 18.1. The molecule has 0 saturated carbocycles. The summed E-state index contributed by atoms with van der Waals surface area (Å²) in [6.07, 6.45) is 1.72. The first-order valence-electron chi connectivity index (χ1n) is 12.0. The zero-order valence-corrected chi connectivity index (χ0v) is 19.5. The first kappa shape index (κ1) is 23.3. The van der Waals surface area contributed by atoms with Gasteiger partial charge in [-0.15, -0.1) is 0 Å². The van der Waals surface area contributed by atoms with Crippen molar-refractivity contribution in [3.63, 3.8) is 0 Å². The number of likely N-dealkylation sites (tertiary alicyclic amines) is 1. The Bertz CT molecular complexity index is 919. The fourth-order valence-corrected chi connectivity index (χ4v) is 4.62. The third-order valence-electron chi connectivity index (χ3n) is 6.53. The highest BCUT2D eigenvalue weighted by Crippen LogP contribution is 2.14. The van der Waals surface area contributed by atoms with Crippen LogP contribution in [0.3, 0.4) is 0 Å². The van der Waals surface area contributed by atoms with Gasteiger partial charge in [0, 0.05) is 57.5 Å². The van der Waals surface area contributed by atoms with Crippen molar-refractivity contribution in [2.45, 2.75) is 32.4 Å². The predicted molar refractivity (Wildman–Crippen MR) is 131 cm³/mol. The molecule has 2 aliphatic heterocycles. The van der Waals surface area contributed by atoms with E-state index in [0.29, 0.717) is 6.54 Å². The molecular weight excluding hydrogens is 414 g/mol. The standard InChI is InChI=1S/C26H35N5O2/c1-21-6-5-7-22(18-21)19-30-14-16-31(17-15-30)25(32)20-29-12-10-24(11-13-29)28-26(33)27-23-8-3-2-4-9-23/h2-9,18,24H,10-17,19-20H2,1H3,(H2,27,28,33). The van der Waals surface area contributed by atoms with Crippen LogP contribution in [0, 0.1) is 6.92 Å². The minimum atomic E-state index is -0.167. The normalized spacial score (nSPS) is 18.2. The number of anilines is 1. The van der Waals surface area contributed by atoms with Crippen LogP contribution in [-0.4, -0.2) is 78.5 Å². The third-order valence-corrected chi connectivity index (χ3v) is 6.53. The molecule has 2 aromatic rings. The van der Waals surface area contributed by atoms with Crippen molar-refractivity contribution in [2.24, 2.45) is 0 Å². The summed E-state index contributed by atoms with van der Waals surface area (Å²) < 4.78 is 0. The average molecular weight is 450 g/mol. The number of amides is 3. The van der Waals surface area contributed by atoms with E-state index in [0.717, 1.165) is 64.3 Å². The van der Waals surface area contributed by atoms with Gasteiger partial charge in [-0.3, -0.25) is 14.6 Å². The molecular formula is C26H35N5O2. The highest BCUT2D eigenvalue weighted by atomic mass is 16.2. The Morgan fingerprint density at radius 3 is 2.30 bits per heavy atom. The second-order valence-corrected chi connectivity index (χ2v) is 9.16. The highest BCUT2D eigenvalue weighted by Gasteiger charge is 2.26. The Balaban J connectivity index is 1.14. The van der Waals surface area contributed by atoms with Crippen LogP contribution in [-0.2, 0) is 11.3 Å². The third kappa shape index (κ3) is 7.04. The topological polar surface area (TPSA) is 67.9 Å². The van der Waals surface area contributed by atoms with Crippen molar-refractivity contribution in [3.8, 4) is 0 Å². The van der Waals surface area contributed by atoms with Crippen LogP contribution in [0.2, 0.25) is 0 Å². The van der Waals surface area contributed by atoms with E-state index >= 15 is 0 Å². The zero-order chi connectivity index (χ0) is 23.0. The Morgan fingerprint density at radius 2 is 1.61 bits per heavy atom. The molecule has 2 aliphatic rings. The van der Waals surface area contributed by atoms with Crippen molar-refractivity contribution in [1.29, 1.82) is 0 Å². The molecule has 0 radical (unpaired) electrons. The summed E-state index contributed by atoms with van der Waals surface area (Å²) in [5, 5.41) is 5.92. The fraction of sp³-hybridized carbons (Fsp3) is 0.462. The number of carbonyl (C=O) groups is 2. The van der Waals surface area contributed by atoms with Gasteiger partial charge in [-0.2, -0.15) is 0 Å². The van der Waals surface area contributed by atoms with Crippen molar-refractivity contribution in [2.75, 3.05) is 51.1 Å². The highest BCUT2D eigenvalue weighted by molar-refractivity contribution is 5.89. The average Bonchev–Trinajstić information content (AvgIpc) is 2.81. The van der Waals surface area contributed by atoms with Crippen molar-refractivity contribution < 1.29 is 9.59 Å². The van der Waals surface area contributed by atoms with Crippen molar-refractivity contribution in [1.82, 2.24) is 20.0 Å². The lowest BCUT2D eigenvalue weighted by Gasteiger charge is -2.37. The number of carbonyl (C=O) groups excluding carboxylic acids is 2. The van der Waals surface area contributed by atoms with E-state index in [1.54, 1.807) is 0 Å². The zero-order valence-electron chi connectivity index (χ0n) is 19.5. The van der Waals surface area contributed by atoms with Crippen LogP contribution in [0.25, 0.3) is 0 Å². The van der Waals surface area contributed by atoms with Gasteiger partial charge in [0.1, 0.15) is 0 Å². The van der Waals surface area contributed by atoms with E-state index in [1.165, 1.54) is 11.1 Å².